The minimum Gasteiger partial charge on any atom is -0.495 e. The smallest absolute Gasteiger partial charge is 0.248 e. The zero-order valence-corrected chi connectivity index (χ0v) is 12.3. The molecule has 3 N–H and O–H groups in total. The van der Waals surface area contributed by atoms with E-state index in [1.54, 1.807) is 36.6 Å². The summed E-state index contributed by atoms with van der Waals surface area (Å²) in [6.07, 6.45) is 2.80. The van der Waals surface area contributed by atoms with Gasteiger partial charge in [-0.1, -0.05) is 6.92 Å². The van der Waals surface area contributed by atoms with Gasteiger partial charge in [0.15, 0.2) is 0 Å². The van der Waals surface area contributed by atoms with Crippen molar-refractivity contribution in [1.82, 2.24) is 4.98 Å². The number of aryl methyl sites for hydroxylation is 1. The zero-order valence-electron chi connectivity index (χ0n) is 11.5. The fraction of sp³-hybridized carbons (Fsp3) is 0.286. The molecule has 20 heavy (non-hydrogen) atoms. The third-order valence-corrected chi connectivity index (χ3v) is 3.98. The Morgan fingerprint density at radius 3 is 2.90 bits per heavy atom. The van der Waals surface area contributed by atoms with Gasteiger partial charge in [0, 0.05) is 16.6 Å². The van der Waals surface area contributed by atoms with Crippen LogP contribution >= 0.6 is 11.3 Å². The molecule has 1 aromatic carbocycles. The maximum absolute atomic E-state index is 11.2. The standard InChI is InChI=1S/C14H17N3O2S/c1-3-13-17-8-10(20-13)7-16-11-6-9(14(15)18)4-5-12(11)19-2/h4-6,8,16H,3,7H2,1-2H3,(H2,15,18). The number of hydrogen-bond acceptors (Lipinski definition) is 5. The molecular weight excluding hydrogens is 274 g/mol. The molecule has 6 heteroatoms. The first-order chi connectivity index (χ1) is 9.63. The third-order valence-electron chi connectivity index (χ3n) is 2.84. The predicted octanol–water partition coefficient (Wildman–Crippen LogP) is 2.43. The van der Waals surface area contributed by atoms with E-state index in [1.165, 1.54) is 0 Å². The fourth-order valence-corrected chi connectivity index (χ4v) is 2.58. The molecule has 2 rings (SSSR count). The van der Waals surface area contributed by atoms with E-state index in [0.717, 1.165) is 22.0 Å². The minimum absolute atomic E-state index is 0.451. The summed E-state index contributed by atoms with van der Waals surface area (Å²) in [5.74, 6) is 0.219. The highest BCUT2D eigenvalue weighted by Gasteiger charge is 2.08. The number of methoxy groups -OCH3 is 1. The van der Waals surface area contributed by atoms with Crippen LogP contribution in [0.4, 0.5) is 5.69 Å². The second-order valence-electron chi connectivity index (χ2n) is 4.21. The first kappa shape index (κ1) is 14.3. The van der Waals surface area contributed by atoms with Crippen LogP contribution in [-0.2, 0) is 13.0 Å². The lowest BCUT2D eigenvalue weighted by molar-refractivity contribution is 0.100. The van der Waals surface area contributed by atoms with Crippen LogP contribution in [0.25, 0.3) is 0 Å². The largest absolute Gasteiger partial charge is 0.495 e. The molecule has 1 heterocycles. The Labute approximate surface area is 121 Å². The van der Waals surface area contributed by atoms with Crippen molar-refractivity contribution in [3.63, 3.8) is 0 Å². The fourth-order valence-electron chi connectivity index (χ4n) is 1.77. The summed E-state index contributed by atoms with van der Waals surface area (Å²) in [7, 11) is 1.59. The summed E-state index contributed by atoms with van der Waals surface area (Å²) < 4.78 is 5.27. The van der Waals surface area contributed by atoms with Crippen molar-refractivity contribution in [2.45, 2.75) is 19.9 Å². The molecule has 0 saturated heterocycles. The summed E-state index contributed by atoms with van der Waals surface area (Å²) in [6, 6.07) is 5.07. The van der Waals surface area contributed by atoms with Gasteiger partial charge in [0.1, 0.15) is 5.75 Å². The van der Waals surface area contributed by atoms with Crippen molar-refractivity contribution in [3.8, 4) is 5.75 Å². The SMILES string of the molecule is CCc1ncc(CNc2cc(C(N)=O)ccc2OC)s1. The lowest BCUT2D eigenvalue weighted by Gasteiger charge is -2.11. The van der Waals surface area contributed by atoms with Crippen LogP contribution in [0.2, 0.25) is 0 Å². The number of primary amides is 1. The molecule has 0 aliphatic rings. The third kappa shape index (κ3) is 3.27. The molecule has 0 fully saturated rings. The van der Waals surface area contributed by atoms with Gasteiger partial charge in [0.05, 0.1) is 24.3 Å². The van der Waals surface area contributed by atoms with Crippen LogP contribution in [0.15, 0.2) is 24.4 Å². The molecule has 2 aromatic rings. The van der Waals surface area contributed by atoms with Crippen LogP contribution in [0.3, 0.4) is 0 Å². The Bertz CT molecular complexity index is 610. The van der Waals surface area contributed by atoms with Crippen molar-refractivity contribution >= 4 is 22.9 Å². The van der Waals surface area contributed by atoms with E-state index >= 15 is 0 Å². The van der Waals surface area contributed by atoms with Gasteiger partial charge in [-0.3, -0.25) is 4.79 Å². The lowest BCUT2D eigenvalue weighted by atomic mass is 10.1. The van der Waals surface area contributed by atoms with Gasteiger partial charge < -0.3 is 15.8 Å². The number of nitrogens with two attached hydrogens (primary N) is 1. The molecule has 0 aliphatic carbocycles. The molecule has 106 valence electrons. The predicted molar refractivity (Wildman–Crippen MR) is 80.3 cm³/mol. The second-order valence-corrected chi connectivity index (χ2v) is 5.41. The molecule has 0 aliphatic heterocycles. The molecule has 0 saturated carbocycles. The number of thiazole rings is 1. The minimum atomic E-state index is -0.457. The maximum atomic E-state index is 11.2. The van der Waals surface area contributed by atoms with Crippen molar-refractivity contribution in [2.24, 2.45) is 5.73 Å². The van der Waals surface area contributed by atoms with Crippen molar-refractivity contribution in [2.75, 3.05) is 12.4 Å². The Balaban J connectivity index is 2.14. The van der Waals surface area contributed by atoms with E-state index in [-0.39, 0.29) is 0 Å². The van der Waals surface area contributed by atoms with Gasteiger partial charge in [0.25, 0.3) is 0 Å². The van der Waals surface area contributed by atoms with Crippen molar-refractivity contribution in [1.29, 1.82) is 0 Å². The van der Waals surface area contributed by atoms with Crippen LogP contribution < -0.4 is 15.8 Å². The first-order valence-corrected chi connectivity index (χ1v) is 7.11. The topological polar surface area (TPSA) is 77.2 Å². The number of carbonyl (C=O) groups excluding carboxylic acids is 1. The lowest BCUT2D eigenvalue weighted by Crippen LogP contribution is -2.11. The van der Waals surface area contributed by atoms with Gasteiger partial charge in [-0.05, 0) is 24.6 Å². The van der Waals surface area contributed by atoms with Gasteiger partial charge in [0.2, 0.25) is 5.91 Å². The molecule has 1 aromatic heterocycles. The van der Waals surface area contributed by atoms with Gasteiger partial charge in [-0.25, -0.2) is 4.98 Å². The zero-order chi connectivity index (χ0) is 14.5. The quantitative estimate of drug-likeness (QED) is 0.857. The molecule has 0 unspecified atom stereocenters. The Morgan fingerprint density at radius 1 is 1.50 bits per heavy atom. The van der Waals surface area contributed by atoms with Gasteiger partial charge in [-0.2, -0.15) is 0 Å². The van der Waals surface area contributed by atoms with Gasteiger partial charge >= 0.3 is 0 Å². The number of nitrogens with zero attached hydrogens (tertiary/aromatic N) is 1. The van der Waals surface area contributed by atoms with Crippen molar-refractivity contribution in [3.05, 3.63) is 39.8 Å². The molecule has 5 nitrogen and oxygen atoms in total. The molecule has 0 bridgehead atoms. The van der Waals surface area contributed by atoms with E-state index in [2.05, 4.69) is 17.2 Å². The Kier molecular flexibility index (Phi) is 4.57. The number of aromatic nitrogens is 1. The normalized spacial score (nSPS) is 10.3. The number of carbonyl (C=O) groups is 1. The number of anilines is 1. The summed E-state index contributed by atoms with van der Waals surface area (Å²) >= 11 is 1.67. The number of hydrogen-bond donors (Lipinski definition) is 2. The number of benzene rings is 1. The van der Waals surface area contributed by atoms with Crippen LogP contribution in [0.5, 0.6) is 5.75 Å². The van der Waals surface area contributed by atoms with E-state index in [9.17, 15) is 4.79 Å². The Hall–Kier alpha value is -2.08. The second kappa shape index (κ2) is 6.38. The number of amides is 1. The van der Waals surface area contributed by atoms with E-state index in [1.807, 2.05) is 6.20 Å². The van der Waals surface area contributed by atoms with Crippen molar-refractivity contribution < 1.29 is 9.53 Å². The number of ether oxygens (including phenoxy) is 1. The summed E-state index contributed by atoms with van der Waals surface area (Å²) in [6.45, 7) is 2.71. The summed E-state index contributed by atoms with van der Waals surface area (Å²) in [5, 5.41) is 4.36. The van der Waals surface area contributed by atoms with E-state index in [4.69, 9.17) is 10.5 Å². The molecule has 1 amide bonds. The maximum Gasteiger partial charge on any atom is 0.248 e. The molecule has 0 spiro atoms. The Morgan fingerprint density at radius 2 is 2.30 bits per heavy atom. The first-order valence-electron chi connectivity index (χ1n) is 6.29. The highest BCUT2D eigenvalue weighted by Crippen LogP contribution is 2.26. The van der Waals surface area contributed by atoms with Crippen LogP contribution in [0.1, 0.15) is 27.2 Å². The average molecular weight is 291 g/mol. The van der Waals surface area contributed by atoms with Crippen LogP contribution in [0, 0.1) is 0 Å². The highest BCUT2D eigenvalue weighted by atomic mass is 32.1. The van der Waals surface area contributed by atoms with E-state index < -0.39 is 5.91 Å². The summed E-state index contributed by atoms with van der Waals surface area (Å²) in [5.41, 5.74) is 6.48. The molecule has 0 atom stereocenters. The number of nitrogens with one attached hydrogen (secondary N) is 1. The van der Waals surface area contributed by atoms with Gasteiger partial charge in [-0.15, -0.1) is 11.3 Å². The van der Waals surface area contributed by atoms with E-state index in [0.29, 0.717) is 17.9 Å². The molecular formula is C14H17N3O2S. The highest BCUT2D eigenvalue weighted by molar-refractivity contribution is 7.11. The molecule has 0 radical (unpaired) electrons. The van der Waals surface area contributed by atoms with Crippen LogP contribution in [-0.4, -0.2) is 18.0 Å². The summed E-state index contributed by atoms with van der Waals surface area (Å²) in [4.78, 5) is 16.7. The number of rotatable bonds is 6. The monoisotopic (exact) mass is 291 g/mol. The average Bonchev–Trinajstić information content (AvgIpc) is 2.92.